The fourth-order valence-corrected chi connectivity index (χ4v) is 1.74. The van der Waals surface area contributed by atoms with E-state index in [0.29, 0.717) is 0 Å². The molecule has 1 rings (SSSR count). The highest BCUT2D eigenvalue weighted by molar-refractivity contribution is 5.23. The van der Waals surface area contributed by atoms with Crippen molar-refractivity contribution in [3.8, 4) is 0 Å². The summed E-state index contributed by atoms with van der Waals surface area (Å²) in [5.74, 6) is 0. The zero-order chi connectivity index (χ0) is 11.3. The first kappa shape index (κ1) is 12.2. The molecule has 0 unspecified atom stereocenters. The van der Waals surface area contributed by atoms with Crippen molar-refractivity contribution >= 4 is 0 Å². The lowest BCUT2D eigenvalue weighted by atomic mass is 10.2. The van der Waals surface area contributed by atoms with Gasteiger partial charge in [0.05, 0.1) is 20.3 Å². The fourth-order valence-electron chi connectivity index (χ4n) is 1.74. The average molecular weight is 208 g/mol. The van der Waals surface area contributed by atoms with Gasteiger partial charge in [-0.1, -0.05) is 30.9 Å². The maximum Gasteiger partial charge on any atom is 0.104 e. The topological polar surface area (TPSA) is 9.23 Å². The second-order valence-corrected chi connectivity index (χ2v) is 4.68. The lowest BCUT2D eigenvalue weighted by Gasteiger charge is -2.37. The zero-order valence-corrected chi connectivity index (χ0v) is 9.96. The second kappa shape index (κ2) is 5.29. The molecule has 0 aliphatic carbocycles. The third kappa shape index (κ3) is 4.45. The first-order valence-corrected chi connectivity index (χ1v) is 5.44. The third-order valence-electron chi connectivity index (χ3n) is 2.74. The molecular formula is C13H22NO+. The molecule has 0 bridgehead atoms. The summed E-state index contributed by atoms with van der Waals surface area (Å²) in [4.78, 5) is 0. The lowest BCUT2D eigenvalue weighted by Crippen LogP contribution is -2.52. The SMILES string of the molecule is C=C(C)/C=C\C(=C)C[N+]1(C)CCOCC1. The van der Waals surface area contributed by atoms with Crippen molar-refractivity contribution in [1.29, 1.82) is 0 Å². The molecular weight excluding hydrogens is 186 g/mol. The summed E-state index contributed by atoms with van der Waals surface area (Å²) in [6.45, 7) is 14.8. The highest BCUT2D eigenvalue weighted by atomic mass is 16.5. The van der Waals surface area contributed by atoms with E-state index < -0.39 is 0 Å². The molecule has 84 valence electrons. The van der Waals surface area contributed by atoms with E-state index in [0.717, 1.165) is 42.9 Å². The molecule has 2 nitrogen and oxygen atoms in total. The van der Waals surface area contributed by atoms with Crippen LogP contribution in [-0.4, -0.2) is 44.4 Å². The number of rotatable bonds is 4. The van der Waals surface area contributed by atoms with E-state index in [9.17, 15) is 0 Å². The Labute approximate surface area is 93.1 Å². The number of morpholine rings is 1. The van der Waals surface area contributed by atoms with Crippen LogP contribution in [0, 0.1) is 0 Å². The van der Waals surface area contributed by atoms with Crippen LogP contribution in [0.4, 0.5) is 0 Å². The number of quaternary nitrogens is 1. The average Bonchev–Trinajstić information content (AvgIpc) is 2.15. The van der Waals surface area contributed by atoms with E-state index in [4.69, 9.17) is 4.74 Å². The Morgan fingerprint density at radius 1 is 1.27 bits per heavy atom. The van der Waals surface area contributed by atoms with Crippen LogP contribution >= 0.6 is 0 Å². The van der Waals surface area contributed by atoms with Gasteiger partial charge in [0.25, 0.3) is 0 Å². The van der Waals surface area contributed by atoms with Crippen LogP contribution in [0.25, 0.3) is 0 Å². The van der Waals surface area contributed by atoms with Crippen LogP contribution < -0.4 is 0 Å². The van der Waals surface area contributed by atoms with Gasteiger partial charge >= 0.3 is 0 Å². The molecule has 0 amide bonds. The van der Waals surface area contributed by atoms with E-state index in [1.54, 1.807) is 0 Å². The van der Waals surface area contributed by atoms with Crippen molar-refractivity contribution in [2.24, 2.45) is 0 Å². The van der Waals surface area contributed by atoms with Gasteiger partial charge in [0.2, 0.25) is 0 Å². The minimum atomic E-state index is 0.869. The zero-order valence-electron chi connectivity index (χ0n) is 9.96. The van der Waals surface area contributed by atoms with Gasteiger partial charge in [0, 0.05) is 0 Å². The first-order chi connectivity index (χ1) is 7.02. The van der Waals surface area contributed by atoms with E-state index in [-0.39, 0.29) is 0 Å². The summed E-state index contributed by atoms with van der Waals surface area (Å²) in [6.07, 6.45) is 4.09. The Bertz CT molecular complexity index is 272. The van der Waals surface area contributed by atoms with Gasteiger partial charge in [-0.2, -0.15) is 0 Å². The van der Waals surface area contributed by atoms with E-state index in [2.05, 4.69) is 26.3 Å². The molecule has 1 aliphatic heterocycles. The molecule has 2 heteroatoms. The Hall–Kier alpha value is -0.860. The molecule has 0 spiro atoms. The summed E-state index contributed by atoms with van der Waals surface area (Å²) in [5.41, 5.74) is 2.24. The highest BCUT2D eigenvalue weighted by Gasteiger charge is 2.24. The molecule has 1 saturated heterocycles. The molecule has 0 aromatic carbocycles. The van der Waals surface area contributed by atoms with Crippen LogP contribution in [-0.2, 0) is 4.74 Å². The minimum absolute atomic E-state index is 0.869. The molecule has 15 heavy (non-hydrogen) atoms. The van der Waals surface area contributed by atoms with Crippen LogP contribution in [0.2, 0.25) is 0 Å². The van der Waals surface area contributed by atoms with Gasteiger partial charge in [-0.15, -0.1) is 0 Å². The number of hydrogen-bond acceptors (Lipinski definition) is 1. The summed E-state index contributed by atoms with van der Waals surface area (Å²) in [5, 5.41) is 0. The molecule has 0 radical (unpaired) electrons. The van der Waals surface area contributed by atoms with Crippen molar-refractivity contribution < 1.29 is 9.22 Å². The highest BCUT2D eigenvalue weighted by Crippen LogP contribution is 2.11. The smallest absolute Gasteiger partial charge is 0.104 e. The summed E-state index contributed by atoms with van der Waals surface area (Å²) in [6, 6.07) is 0. The van der Waals surface area contributed by atoms with Gasteiger partial charge in [0.1, 0.15) is 19.6 Å². The van der Waals surface area contributed by atoms with Crippen molar-refractivity contribution in [1.82, 2.24) is 0 Å². The molecule has 0 aromatic rings. The first-order valence-electron chi connectivity index (χ1n) is 5.44. The van der Waals surface area contributed by atoms with E-state index in [1.807, 2.05) is 13.0 Å². The standard InChI is InChI=1S/C13H22NO/c1-12(2)5-6-13(3)11-14(4)7-9-15-10-8-14/h5-6H,1,3,7-11H2,2,4H3/q+1/b6-5-. The number of nitrogens with zero attached hydrogens (tertiary/aromatic N) is 1. The number of hydrogen-bond donors (Lipinski definition) is 0. The van der Waals surface area contributed by atoms with Gasteiger partial charge < -0.3 is 9.22 Å². The molecule has 1 fully saturated rings. The number of likely N-dealkylation sites (N-methyl/N-ethyl adjacent to an activating group) is 1. The normalized spacial score (nSPS) is 20.4. The van der Waals surface area contributed by atoms with Gasteiger partial charge in [-0.25, -0.2) is 0 Å². The maximum absolute atomic E-state index is 5.37. The minimum Gasteiger partial charge on any atom is -0.370 e. The van der Waals surface area contributed by atoms with Crippen LogP contribution in [0.5, 0.6) is 0 Å². The van der Waals surface area contributed by atoms with Crippen LogP contribution in [0.1, 0.15) is 6.92 Å². The summed E-state index contributed by atoms with van der Waals surface area (Å²) >= 11 is 0. The van der Waals surface area contributed by atoms with Crippen molar-refractivity contribution in [2.75, 3.05) is 39.9 Å². The quantitative estimate of drug-likeness (QED) is 0.508. The van der Waals surface area contributed by atoms with Crippen molar-refractivity contribution in [2.45, 2.75) is 6.92 Å². The van der Waals surface area contributed by atoms with Crippen LogP contribution in [0.15, 0.2) is 36.5 Å². The molecule has 1 heterocycles. The van der Waals surface area contributed by atoms with Gasteiger partial charge in [-0.3, -0.25) is 0 Å². The monoisotopic (exact) mass is 208 g/mol. The fraction of sp³-hybridized carbons (Fsp3) is 0.538. The van der Waals surface area contributed by atoms with Crippen molar-refractivity contribution in [3.63, 3.8) is 0 Å². The summed E-state index contributed by atoms with van der Waals surface area (Å²) in [7, 11) is 2.27. The Balaban J connectivity index is 2.45. The predicted molar refractivity (Wildman–Crippen MR) is 64.7 cm³/mol. The van der Waals surface area contributed by atoms with Crippen molar-refractivity contribution in [3.05, 3.63) is 36.5 Å². The molecule has 0 saturated carbocycles. The third-order valence-corrected chi connectivity index (χ3v) is 2.74. The second-order valence-electron chi connectivity index (χ2n) is 4.68. The predicted octanol–water partition coefficient (Wildman–Crippen LogP) is 2.15. The maximum atomic E-state index is 5.37. The van der Waals surface area contributed by atoms with Gasteiger partial charge in [-0.05, 0) is 12.5 Å². The number of ether oxygens (including phenoxy) is 1. The molecule has 1 aliphatic rings. The molecule has 0 aromatic heterocycles. The van der Waals surface area contributed by atoms with Crippen LogP contribution in [0.3, 0.4) is 0 Å². The lowest BCUT2D eigenvalue weighted by molar-refractivity contribution is -0.912. The van der Waals surface area contributed by atoms with Gasteiger partial charge in [0.15, 0.2) is 0 Å². The Morgan fingerprint density at radius 2 is 1.87 bits per heavy atom. The number of allylic oxidation sites excluding steroid dienone is 2. The van der Waals surface area contributed by atoms with E-state index in [1.165, 1.54) is 5.57 Å². The Morgan fingerprint density at radius 3 is 2.40 bits per heavy atom. The largest absolute Gasteiger partial charge is 0.370 e. The Kier molecular flexibility index (Phi) is 4.30. The van der Waals surface area contributed by atoms with E-state index >= 15 is 0 Å². The molecule has 0 atom stereocenters. The summed E-state index contributed by atoms with van der Waals surface area (Å²) < 4.78 is 6.41. The molecule has 0 N–H and O–H groups in total.